The number of carbonyl (C=O) groups is 1. The van der Waals surface area contributed by atoms with E-state index in [2.05, 4.69) is 19.3 Å². The van der Waals surface area contributed by atoms with Gasteiger partial charge >= 0.3 is 0 Å². The van der Waals surface area contributed by atoms with Crippen LogP contribution in [-0.2, 0) is 6.54 Å². The van der Waals surface area contributed by atoms with Crippen LogP contribution in [0.2, 0.25) is 0 Å². The smallest absolute Gasteiger partial charge is 0.191 e. The van der Waals surface area contributed by atoms with Crippen LogP contribution in [0.3, 0.4) is 0 Å². The number of Topliss-reactive ketones (excluding diaryl/α,β-unsaturated/α-hetero) is 1. The second kappa shape index (κ2) is 6.79. The van der Waals surface area contributed by atoms with Gasteiger partial charge in [0.25, 0.3) is 0 Å². The number of aryl methyl sites for hydroxylation is 2. The largest absolute Gasteiger partial charge is 0.467 e. The Morgan fingerprint density at radius 1 is 1.31 bits per heavy atom. The summed E-state index contributed by atoms with van der Waals surface area (Å²) < 4.78 is 9.72. The first-order valence-electron chi connectivity index (χ1n) is 8.81. The van der Waals surface area contributed by atoms with E-state index in [1.807, 2.05) is 39.0 Å². The van der Waals surface area contributed by atoms with Crippen LogP contribution < -0.4 is 0 Å². The van der Waals surface area contributed by atoms with Crippen LogP contribution in [0.1, 0.15) is 52.2 Å². The van der Waals surface area contributed by atoms with E-state index < -0.39 is 0 Å². The van der Waals surface area contributed by atoms with Crippen molar-refractivity contribution in [3.05, 3.63) is 53.0 Å². The average Bonchev–Trinajstić information content (AvgIpc) is 3.06. The summed E-state index contributed by atoms with van der Waals surface area (Å²) in [6.07, 6.45) is 4.02. The molecule has 0 bridgehead atoms. The monoisotopic (exact) mass is 370 g/mol. The minimum atomic E-state index is 0.122. The molecule has 3 aromatic rings. The summed E-state index contributed by atoms with van der Waals surface area (Å²) in [5.74, 6) is 2.31. The molecule has 0 atom stereocenters. The Balaban J connectivity index is 1.48. The summed E-state index contributed by atoms with van der Waals surface area (Å²) in [7, 11) is 0. The molecule has 0 radical (unpaired) electrons. The predicted molar refractivity (Wildman–Crippen MR) is 99.8 cm³/mol. The van der Waals surface area contributed by atoms with E-state index in [4.69, 9.17) is 4.42 Å². The molecule has 0 amide bonds. The van der Waals surface area contributed by atoms with Gasteiger partial charge in [0.05, 0.1) is 18.6 Å². The van der Waals surface area contributed by atoms with Gasteiger partial charge in [0, 0.05) is 23.0 Å². The Labute approximate surface area is 156 Å². The lowest BCUT2D eigenvalue weighted by atomic mass is 10.2. The number of thioether (sulfide) groups is 1. The molecule has 0 aliphatic heterocycles. The molecule has 0 N–H and O–H groups in total. The minimum Gasteiger partial charge on any atom is -0.467 e. The number of hydrogen-bond acceptors (Lipinski definition) is 5. The van der Waals surface area contributed by atoms with Crippen LogP contribution >= 0.6 is 11.8 Å². The molecule has 4 rings (SSSR count). The molecule has 1 aliphatic rings. The number of carbonyl (C=O) groups excluding carboxylic acids is 1. The highest BCUT2D eigenvalue weighted by Gasteiger charge is 2.28. The summed E-state index contributed by atoms with van der Waals surface area (Å²) >= 11 is 1.48. The van der Waals surface area contributed by atoms with Gasteiger partial charge in [0.15, 0.2) is 10.9 Å². The summed E-state index contributed by atoms with van der Waals surface area (Å²) in [6, 6.07) is 6.31. The predicted octanol–water partition coefficient (Wildman–Crippen LogP) is 3.96. The molecular formula is C19H22N4O2S. The molecule has 0 spiro atoms. The summed E-state index contributed by atoms with van der Waals surface area (Å²) in [5.41, 5.74) is 2.81. The van der Waals surface area contributed by atoms with E-state index in [-0.39, 0.29) is 5.78 Å². The molecule has 7 heteroatoms. The second-order valence-electron chi connectivity index (χ2n) is 6.79. The number of hydrogen-bond donors (Lipinski definition) is 0. The quantitative estimate of drug-likeness (QED) is 0.465. The van der Waals surface area contributed by atoms with Gasteiger partial charge in [-0.2, -0.15) is 0 Å². The van der Waals surface area contributed by atoms with Crippen LogP contribution in [0.4, 0.5) is 0 Å². The molecule has 3 aromatic heterocycles. The Kier molecular flexibility index (Phi) is 4.48. The van der Waals surface area contributed by atoms with Crippen molar-refractivity contribution in [1.82, 2.24) is 19.3 Å². The first kappa shape index (κ1) is 17.1. The Morgan fingerprint density at radius 3 is 2.81 bits per heavy atom. The van der Waals surface area contributed by atoms with Crippen LogP contribution in [-0.4, -0.2) is 30.9 Å². The fourth-order valence-corrected chi connectivity index (χ4v) is 4.23. The fourth-order valence-electron chi connectivity index (χ4n) is 3.29. The van der Waals surface area contributed by atoms with Crippen molar-refractivity contribution in [2.24, 2.45) is 0 Å². The summed E-state index contributed by atoms with van der Waals surface area (Å²) in [4.78, 5) is 12.8. The molecule has 3 heterocycles. The van der Waals surface area contributed by atoms with Crippen LogP contribution in [0.15, 0.2) is 34.0 Å². The molecule has 1 aliphatic carbocycles. The summed E-state index contributed by atoms with van der Waals surface area (Å²) in [6.45, 7) is 6.62. The number of aromatic nitrogens is 4. The van der Waals surface area contributed by atoms with E-state index in [1.54, 1.807) is 6.26 Å². The van der Waals surface area contributed by atoms with Crippen molar-refractivity contribution in [1.29, 1.82) is 0 Å². The molecule has 6 nitrogen and oxygen atoms in total. The molecule has 26 heavy (non-hydrogen) atoms. The van der Waals surface area contributed by atoms with E-state index in [0.717, 1.165) is 33.7 Å². The maximum atomic E-state index is 12.8. The van der Waals surface area contributed by atoms with Crippen molar-refractivity contribution in [3.8, 4) is 0 Å². The molecule has 1 saturated carbocycles. The maximum absolute atomic E-state index is 12.8. The molecular weight excluding hydrogens is 348 g/mol. The van der Waals surface area contributed by atoms with Crippen LogP contribution in [0.5, 0.6) is 0 Å². The topological polar surface area (TPSA) is 65.8 Å². The molecule has 1 fully saturated rings. The van der Waals surface area contributed by atoms with E-state index in [0.29, 0.717) is 18.3 Å². The third-order valence-corrected chi connectivity index (χ3v) is 5.79. The molecule has 0 unspecified atom stereocenters. The normalized spacial score (nSPS) is 14.1. The Bertz CT molecular complexity index is 935. The second-order valence-corrected chi connectivity index (χ2v) is 7.74. The lowest BCUT2D eigenvalue weighted by Crippen LogP contribution is -2.08. The lowest BCUT2D eigenvalue weighted by Gasteiger charge is -2.08. The van der Waals surface area contributed by atoms with E-state index in [9.17, 15) is 4.79 Å². The maximum Gasteiger partial charge on any atom is 0.191 e. The zero-order chi connectivity index (χ0) is 18.3. The van der Waals surface area contributed by atoms with Crippen LogP contribution in [0.25, 0.3) is 0 Å². The van der Waals surface area contributed by atoms with Gasteiger partial charge in [0.2, 0.25) is 0 Å². The van der Waals surface area contributed by atoms with Gasteiger partial charge in [-0.3, -0.25) is 4.79 Å². The van der Waals surface area contributed by atoms with E-state index >= 15 is 0 Å². The van der Waals surface area contributed by atoms with Gasteiger partial charge < -0.3 is 13.6 Å². The Morgan fingerprint density at radius 2 is 2.12 bits per heavy atom. The van der Waals surface area contributed by atoms with E-state index in [1.165, 1.54) is 24.6 Å². The standard InChI is InChI=1S/C19H22N4O2S/c1-12-9-17(13(2)22(12)10-16-5-4-8-25-16)18(24)11-26-19-21-20-14(3)23(19)15-6-7-15/h4-5,8-9,15H,6-7,10-11H2,1-3H3. The van der Waals surface area contributed by atoms with Crippen molar-refractivity contribution in [3.63, 3.8) is 0 Å². The number of furan rings is 1. The zero-order valence-corrected chi connectivity index (χ0v) is 16.0. The zero-order valence-electron chi connectivity index (χ0n) is 15.2. The average molecular weight is 370 g/mol. The molecule has 0 saturated heterocycles. The first-order chi connectivity index (χ1) is 12.5. The first-order valence-corrected chi connectivity index (χ1v) is 9.79. The third kappa shape index (κ3) is 3.23. The minimum absolute atomic E-state index is 0.122. The van der Waals surface area contributed by atoms with Crippen molar-refractivity contribution >= 4 is 17.5 Å². The molecule has 0 aromatic carbocycles. The Hall–Kier alpha value is -2.28. The number of nitrogens with zero attached hydrogens (tertiary/aromatic N) is 4. The van der Waals surface area contributed by atoms with Crippen molar-refractivity contribution in [2.75, 3.05) is 5.75 Å². The van der Waals surface area contributed by atoms with Gasteiger partial charge in [-0.1, -0.05) is 11.8 Å². The van der Waals surface area contributed by atoms with Gasteiger partial charge in [0.1, 0.15) is 11.6 Å². The highest BCUT2D eigenvalue weighted by molar-refractivity contribution is 7.99. The van der Waals surface area contributed by atoms with Gasteiger partial charge in [-0.25, -0.2) is 0 Å². The molecule has 136 valence electrons. The third-order valence-electron chi connectivity index (χ3n) is 4.85. The highest BCUT2D eigenvalue weighted by atomic mass is 32.2. The SMILES string of the molecule is Cc1cc(C(=O)CSc2nnc(C)n2C2CC2)c(C)n1Cc1ccco1. The highest BCUT2D eigenvalue weighted by Crippen LogP contribution is 2.38. The van der Waals surface area contributed by atoms with Gasteiger partial charge in [-0.05, 0) is 51.8 Å². The van der Waals surface area contributed by atoms with Crippen molar-refractivity contribution in [2.45, 2.75) is 51.4 Å². The fraction of sp³-hybridized carbons (Fsp3) is 0.421. The number of ketones is 1. The number of rotatable bonds is 7. The van der Waals surface area contributed by atoms with Crippen LogP contribution in [0, 0.1) is 20.8 Å². The van der Waals surface area contributed by atoms with Crippen molar-refractivity contribution < 1.29 is 9.21 Å². The lowest BCUT2D eigenvalue weighted by molar-refractivity contribution is 0.102. The summed E-state index contributed by atoms with van der Waals surface area (Å²) in [5, 5.41) is 9.27. The van der Waals surface area contributed by atoms with Gasteiger partial charge in [-0.15, -0.1) is 10.2 Å².